The molecule has 10 heavy (non-hydrogen) atoms. The maximum Gasteiger partial charge on any atom is 0.0202 e. The zero-order chi connectivity index (χ0) is 7.14. The summed E-state index contributed by atoms with van der Waals surface area (Å²) in [6.45, 7) is 0. The second-order valence-corrected chi connectivity index (χ2v) is 4.46. The van der Waals surface area contributed by atoms with Crippen LogP contribution in [0.15, 0.2) is 12.2 Å². The molecular formula is C8H12S2. The van der Waals surface area contributed by atoms with Gasteiger partial charge in [0.2, 0.25) is 0 Å². The number of hydrogen-bond acceptors (Lipinski definition) is 2. The van der Waals surface area contributed by atoms with Crippen LogP contribution in [0.1, 0.15) is 12.8 Å². The molecule has 0 N–H and O–H groups in total. The average molecular weight is 172 g/mol. The predicted octanol–water partition coefficient (Wildman–Crippen LogP) is 2.18. The van der Waals surface area contributed by atoms with Crippen LogP contribution in [-0.2, 0) is 0 Å². The molecule has 0 heterocycles. The molecule has 0 nitrogen and oxygen atoms in total. The Kier molecular flexibility index (Phi) is 1.77. The van der Waals surface area contributed by atoms with Gasteiger partial charge in [0, 0.05) is 10.5 Å². The number of thiol groups is 2. The summed E-state index contributed by atoms with van der Waals surface area (Å²) in [4.78, 5) is 0. The Bertz CT molecular complexity index is 147. The van der Waals surface area contributed by atoms with E-state index >= 15 is 0 Å². The summed E-state index contributed by atoms with van der Waals surface area (Å²) < 4.78 is 0. The van der Waals surface area contributed by atoms with E-state index in [9.17, 15) is 0 Å². The van der Waals surface area contributed by atoms with Gasteiger partial charge >= 0.3 is 0 Å². The van der Waals surface area contributed by atoms with Gasteiger partial charge in [-0.3, -0.25) is 0 Å². The molecule has 0 aromatic heterocycles. The largest absolute Gasteiger partial charge is 0.174 e. The molecule has 0 aromatic rings. The molecule has 1 fully saturated rings. The van der Waals surface area contributed by atoms with Crippen molar-refractivity contribution in [2.45, 2.75) is 23.3 Å². The SMILES string of the molecule is SC1C2C=CC(CC2)C1S. The summed E-state index contributed by atoms with van der Waals surface area (Å²) in [6, 6.07) is 0. The summed E-state index contributed by atoms with van der Waals surface area (Å²) >= 11 is 9.07. The first-order valence-electron chi connectivity index (χ1n) is 3.83. The van der Waals surface area contributed by atoms with Crippen LogP contribution in [0.3, 0.4) is 0 Å². The van der Waals surface area contributed by atoms with Crippen molar-refractivity contribution in [3.8, 4) is 0 Å². The molecule has 4 atom stereocenters. The molecule has 2 bridgehead atoms. The van der Waals surface area contributed by atoms with E-state index < -0.39 is 0 Å². The van der Waals surface area contributed by atoms with Crippen LogP contribution in [0.4, 0.5) is 0 Å². The zero-order valence-corrected chi connectivity index (χ0v) is 7.56. The summed E-state index contributed by atoms with van der Waals surface area (Å²) in [5, 5.41) is 1.01. The lowest BCUT2D eigenvalue weighted by atomic mass is 9.75. The molecule has 0 aliphatic heterocycles. The van der Waals surface area contributed by atoms with Crippen molar-refractivity contribution in [2.24, 2.45) is 11.8 Å². The van der Waals surface area contributed by atoms with Crippen molar-refractivity contribution in [1.29, 1.82) is 0 Å². The first-order chi connectivity index (χ1) is 4.79. The third-order valence-electron chi connectivity index (χ3n) is 2.67. The summed E-state index contributed by atoms with van der Waals surface area (Å²) in [5.74, 6) is 1.41. The van der Waals surface area contributed by atoms with Crippen molar-refractivity contribution >= 4 is 25.3 Å². The minimum atomic E-state index is 0.507. The average Bonchev–Trinajstić information content (AvgIpc) is 2.00. The van der Waals surface area contributed by atoms with Crippen LogP contribution >= 0.6 is 25.3 Å². The van der Waals surface area contributed by atoms with Gasteiger partial charge in [-0.1, -0.05) is 12.2 Å². The molecule has 0 radical (unpaired) electrons. The highest BCUT2D eigenvalue weighted by Crippen LogP contribution is 2.41. The fourth-order valence-electron chi connectivity index (χ4n) is 1.94. The highest BCUT2D eigenvalue weighted by atomic mass is 32.1. The minimum absolute atomic E-state index is 0.507. The topological polar surface area (TPSA) is 0 Å². The summed E-state index contributed by atoms with van der Waals surface area (Å²) in [7, 11) is 0. The standard InChI is InChI=1S/C8H12S2/c9-7-5-1-2-6(4-3-5)8(7)10/h1-2,5-10H,3-4H2. The van der Waals surface area contributed by atoms with Gasteiger partial charge in [0.1, 0.15) is 0 Å². The number of allylic oxidation sites excluding steroid dienone is 2. The fraction of sp³-hybridized carbons (Fsp3) is 0.750. The van der Waals surface area contributed by atoms with E-state index in [2.05, 4.69) is 37.4 Å². The molecule has 0 aromatic carbocycles. The predicted molar refractivity (Wildman–Crippen MR) is 50.9 cm³/mol. The maximum absolute atomic E-state index is 4.53. The van der Waals surface area contributed by atoms with Gasteiger partial charge in [-0.2, -0.15) is 25.3 Å². The molecule has 4 unspecified atom stereocenters. The molecule has 3 aliphatic carbocycles. The van der Waals surface area contributed by atoms with Crippen molar-refractivity contribution in [3.63, 3.8) is 0 Å². The Morgan fingerprint density at radius 2 is 1.30 bits per heavy atom. The lowest BCUT2D eigenvalue weighted by Crippen LogP contribution is -2.38. The van der Waals surface area contributed by atoms with Crippen molar-refractivity contribution < 1.29 is 0 Å². The Balaban J connectivity index is 2.25. The molecule has 1 saturated carbocycles. The van der Waals surface area contributed by atoms with Crippen LogP contribution in [0, 0.1) is 11.8 Å². The number of rotatable bonds is 0. The van der Waals surface area contributed by atoms with Crippen molar-refractivity contribution in [3.05, 3.63) is 12.2 Å². The van der Waals surface area contributed by atoms with Gasteiger partial charge in [-0.25, -0.2) is 0 Å². The quantitative estimate of drug-likeness (QED) is 0.406. The maximum atomic E-state index is 4.53. The van der Waals surface area contributed by atoms with Crippen LogP contribution < -0.4 is 0 Å². The Morgan fingerprint density at radius 3 is 1.50 bits per heavy atom. The van der Waals surface area contributed by atoms with Gasteiger partial charge in [-0.15, -0.1) is 0 Å². The van der Waals surface area contributed by atoms with Crippen LogP contribution in [-0.4, -0.2) is 10.5 Å². The fourth-order valence-corrected chi connectivity index (χ4v) is 2.88. The molecule has 0 saturated heterocycles. The van der Waals surface area contributed by atoms with Gasteiger partial charge in [0.25, 0.3) is 0 Å². The Morgan fingerprint density at radius 1 is 0.900 bits per heavy atom. The number of hydrogen-bond donors (Lipinski definition) is 2. The van der Waals surface area contributed by atoms with Gasteiger partial charge in [-0.05, 0) is 24.7 Å². The first-order valence-corrected chi connectivity index (χ1v) is 4.87. The monoisotopic (exact) mass is 172 g/mol. The van der Waals surface area contributed by atoms with Crippen LogP contribution in [0.5, 0.6) is 0 Å². The van der Waals surface area contributed by atoms with Gasteiger partial charge in [0.15, 0.2) is 0 Å². The molecule has 3 aliphatic rings. The van der Waals surface area contributed by atoms with E-state index in [1.54, 1.807) is 0 Å². The highest BCUT2D eigenvalue weighted by molar-refractivity contribution is 7.85. The molecular weight excluding hydrogens is 160 g/mol. The minimum Gasteiger partial charge on any atom is -0.174 e. The normalized spacial score (nSPS) is 51.8. The van der Waals surface area contributed by atoms with Crippen molar-refractivity contribution in [2.75, 3.05) is 0 Å². The first kappa shape index (κ1) is 7.11. The molecule has 2 heteroatoms. The summed E-state index contributed by atoms with van der Waals surface area (Å²) in [6.07, 6.45) is 7.29. The molecule has 3 rings (SSSR count). The van der Waals surface area contributed by atoms with E-state index in [1.807, 2.05) is 0 Å². The van der Waals surface area contributed by atoms with E-state index in [1.165, 1.54) is 12.8 Å². The van der Waals surface area contributed by atoms with E-state index in [0.717, 1.165) is 0 Å². The van der Waals surface area contributed by atoms with Gasteiger partial charge in [0.05, 0.1) is 0 Å². The molecule has 56 valence electrons. The Hall–Kier alpha value is 0.440. The van der Waals surface area contributed by atoms with Crippen LogP contribution in [0.2, 0.25) is 0 Å². The van der Waals surface area contributed by atoms with E-state index in [4.69, 9.17) is 0 Å². The lowest BCUT2D eigenvalue weighted by molar-refractivity contribution is 0.353. The summed E-state index contributed by atoms with van der Waals surface area (Å²) in [5.41, 5.74) is 0. The number of fused-ring (bicyclic) bond motifs is 2. The molecule has 0 amide bonds. The van der Waals surface area contributed by atoms with Crippen LogP contribution in [0.25, 0.3) is 0 Å². The second kappa shape index (κ2) is 2.49. The van der Waals surface area contributed by atoms with E-state index in [0.29, 0.717) is 22.3 Å². The van der Waals surface area contributed by atoms with Crippen molar-refractivity contribution in [1.82, 2.24) is 0 Å². The molecule has 0 spiro atoms. The third-order valence-corrected chi connectivity index (χ3v) is 4.31. The lowest BCUT2D eigenvalue weighted by Gasteiger charge is -2.40. The van der Waals surface area contributed by atoms with Gasteiger partial charge < -0.3 is 0 Å². The third kappa shape index (κ3) is 0.928. The smallest absolute Gasteiger partial charge is 0.0202 e. The highest BCUT2D eigenvalue weighted by Gasteiger charge is 2.36. The second-order valence-electron chi connectivity index (χ2n) is 3.27. The zero-order valence-electron chi connectivity index (χ0n) is 5.77. The Labute approximate surface area is 72.9 Å². The van der Waals surface area contributed by atoms with E-state index in [-0.39, 0.29) is 0 Å².